The summed E-state index contributed by atoms with van der Waals surface area (Å²) >= 11 is 0. The monoisotopic (exact) mass is 305 g/mol. The van der Waals surface area contributed by atoms with E-state index in [1.54, 1.807) is 0 Å². The van der Waals surface area contributed by atoms with E-state index in [2.05, 4.69) is 5.32 Å². The van der Waals surface area contributed by atoms with E-state index in [0.29, 0.717) is 12.8 Å². The van der Waals surface area contributed by atoms with Gasteiger partial charge < -0.3 is 15.5 Å². The van der Waals surface area contributed by atoms with Gasteiger partial charge in [0.05, 0.1) is 17.3 Å². The molecule has 21 heavy (non-hydrogen) atoms. The van der Waals surface area contributed by atoms with Gasteiger partial charge in [0, 0.05) is 13.1 Å². The minimum absolute atomic E-state index is 0.0869. The molecule has 1 rings (SSSR count). The maximum atomic E-state index is 12.6. The third kappa shape index (κ3) is 5.30. The van der Waals surface area contributed by atoms with Crippen LogP contribution in [0.5, 0.6) is 0 Å². The molecule has 1 aromatic carbocycles. The lowest BCUT2D eigenvalue weighted by Crippen LogP contribution is -2.40. The third-order valence-electron chi connectivity index (χ3n) is 3.71. The topological polar surface area (TPSA) is 52.5 Å². The average Bonchev–Trinajstić information content (AvgIpc) is 2.46. The maximum absolute atomic E-state index is 12.6. The number of alkyl halides is 3. The second kappa shape index (κ2) is 7.24. The number of hydrogen-bond donors (Lipinski definition) is 3. The van der Waals surface area contributed by atoms with Crippen molar-refractivity contribution in [3.05, 3.63) is 35.4 Å². The Labute approximate surface area is 122 Å². The molecule has 3 N–H and O–H groups in total. The third-order valence-corrected chi connectivity index (χ3v) is 3.71. The Morgan fingerprint density at radius 3 is 2.33 bits per heavy atom. The lowest BCUT2D eigenvalue weighted by atomic mass is 9.97. The van der Waals surface area contributed by atoms with Crippen molar-refractivity contribution in [1.29, 1.82) is 0 Å². The molecular formula is C15H22F3NO2. The van der Waals surface area contributed by atoms with Crippen LogP contribution in [0.15, 0.2) is 24.3 Å². The number of benzene rings is 1. The van der Waals surface area contributed by atoms with Crippen molar-refractivity contribution in [1.82, 2.24) is 5.32 Å². The van der Waals surface area contributed by atoms with E-state index in [1.807, 2.05) is 13.8 Å². The lowest BCUT2D eigenvalue weighted by Gasteiger charge is -2.26. The summed E-state index contributed by atoms with van der Waals surface area (Å²) in [6, 6.07) is 4.64. The largest absolute Gasteiger partial charge is 0.416 e. The lowest BCUT2D eigenvalue weighted by molar-refractivity contribution is -0.137. The molecule has 0 saturated carbocycles. The number of rotatable bonds is 7. The molecule has 0 amide bonds. The molecule has 0 bridgehead atoms. The zero-order valence-electron chi connectivity index (χ0n) is 12.2. The first-order valence-electron chi connectivity index (χ1n) is 7.00. The molecule has 0 radical (unpaired) electrons. The Morgan fingerprint density at radius 1 is 1.19 bits per heavy atom. The van der Waals surface area contributed by atoms with Gasteiger partial charge in [-0.05, 0) is 30.5 Å². The van der Waals surface area contributed by atoms with E-state index in [4.69, 9.17) is 0 Å². The molecule has 1 aromatic rings. The minimum Gasteiger partial charge on any atom is -0.389 e. The summed E-state index contributed by atoms with van der Waals surface area (Å²) in [6.45, 7) is 4.09. The Kier molecular flexibility index (Phi) is 6.19. The van der Waals surface area contributed by atoms with E-state index >= 15 is 0 Å². The highest BCUT2D eigenvalue weighted by atomic mass is 19.4. The number of nitrogens with one attached hydrogen (secondary N) is 1. The van der Waals surface area contributed by atoms with E-state index in [9.17, 15) is 23.4 Å². The summed E-state index contributed by atoms with van der Waals surface area (Å²) in [7, 11) is 0. The fraction of sp³-hybridized carbons (Fsp3) is 0.600. The van der Waals surface area contributed by atoms with Crippen LogP contribution in [0.1, 0.15) is 43.9 Å². The highest BCUT2D eigenvalue weighted by molar-refractivity contribution is 5.27. The SMILES string of the molecule is CCC(O)(CC)CNCC(O)c1cccc(C(F)(F)F)c1. The minimum atomic E-state index is -4.42. The summed E-state index contributed by atoms with van der Waals surface area (Å²) in [6.07, 6.45) is -4.34. The molecule has 0 aromatic heterocycles. The quantitative estimate of drug-likeness (QED) is 0.726. The standard InChI is InChI=1S/C15H22F3NO2/c1-3-14(21,4-2)10-19-9-13(20)11-6-5-7-12(8-11)15(16,17)18/h5-8,13,19-21H,3-4,9-10H2,1-2H3. The van der Waals surface area contributed by atoms with Gasteiger partial charge in [0.2, 0.25) is 0 Å². The van der Waals surface area contributed by atoms with Crippen LogP contribution in [-0.4, -0.2) is 28.9 Å². The van der Waals surface area contributed by atoms with Gasteiger partial charge in [-0.25, -0.2) is 0 Å². The average molecular weight is 305 g/mol. The van der Waals surface area contributed by atoms with Gasteiger partial charge in [-0.3, -0.25) is 0 Å². The smallest absolute Gasteiger partial charge is 0.389 e. The van der Waals surface area contributed by atoms with E-state index in [1.165, 1.54) is 12.1 Å². The van der Waals surface area contributed by atoms with Crippen molar-refractivity contribution >= 4 is 0 Å². The molecule has 1 atom stereocenters. The fourth-order valence-corrected chi connectivity index (χ4v) is 1.98. The van der Waals surface area contributed by atoms with Crippen LogP contribution in [0, 0.1) is 0 Å². The first-order chi connectivity index (χ1) is 9.72. The first kappa shape index (κ1) is 17.9. The van der Waals surface area contributed by atoms with Gasteiger partial charge in [0.15, 0.2) is 0 Å². The van der Waals surface area contributed by atoms with Gasteiger partial charge in [-0.1, -0.05) is 26.0 Å². The Morgan fingerprint density at radius 2 is 1.81 bits per heavy atom. The number of hydrogen-bond acceptors (Lipinski definition) is 3. The van der Waals surface area contributed by atoms with Crippen molar-refractivity contribution in [2.75, 3.05) is 13.1 Å². The zero-order chi connectivity index (χ0) is 16.1. The van der Waals surface area contributed by atoms with E-state index < -0.39 is 23.4 Å². The van der Waals surface area contributed by atoms with Crippen LogP contribution in [0.25, 0.3) is 0 Å². The van der Waals surface area contributed by atoms with Gasteiger partial charge in [-0.2, -0.15) is 13.2 Å². The van der Waals surface area contributed by atoms with Gasteiger partial charge >= 0.3 is 6.18 Å². The van der Waals surface area contributed by atoms with Gasteiger partial charge in [0.1, 0.15) is 0 Å². The molecular weight excluding hydrogens is 283 g/mol. The second-order valence-electron chi connectivity index (χ2n) is 5.20. The Bertz CT molecular complexity index is 445. The van der Waals surface area contributed by atoms with Gasteiger partial charge in [-0.15, -0.1) is 0 Å². The summed E-state index contributed by atoms with van der Waals surface area (Å²) in [5.41, 5.74) is -1.43. The van der Waals surface area contributed by atoms with Crippen LogP contribution in [0.2, 0.25) is 0 Å². The molecule has 0 aliphatic rings. The van der Waals surface area contributed by atoms with Crippen molar-refractivity contribution in [3.8, 4) is 0 Å². The van der Waals surface area contributed by atoms with Crippen LogP contribution in [0.4, 0.5) is 13.2 Å². The summed E-state index contributed by atoms with van der Waals surface area (Å²) in [5.74, 6) is 0. The van der Waals surface area contributed by atoms with Crippen LogP contribution >= 0.6 is 0 Å². The first-order valence-corrected chi connectivity index (χ1v) is 7.00. The van der Waals surface area contributed by atoms with Gasteiger partial charge in [0.25, 0.3) is 0 Å². The van der Waals surface area contributed by atoms with Crippen LogP contribution in [0.3, 0.4) is 0 Å². The number of halogens is 3. The molecule has 0 fully saturated rings. The summed E-state index contributed by atoms with van der Waals surface area (Å²) in [4.78, 5) is 0. The fourth-order valence-electron chi connectivity index (χ4n) is 1.98. The second-order valence-corrected chi connectivity index (χ2v) is 5.20. The van der Waals surface area contributed by atoms with Crippen molar-refractivity contribution in [3.63, 3.8) is 0 Å². The van der Waals surface area contributed by atoms with Crippen LogP contribution < -0.4 is 5.32 Å². The molecule has 0 heterocycles. The summed E-state index contributed by atoms with van der Waals surface area (Å²) in [5, 5.41) is 22.9. The highest BCUT2D eigenvalue weighted by Crippen LogP contribution is 2.30. The maximum Gasteiger partial charge on any atom is 0.416 e. The Balaban J connectivity index is 2.62. The molecule has 0 aliphatic heterocycles. The number of aliphatic hydroxyl groups is 2. The number of aliphatic hydroxyl groups excluding tert-OH is 1. The molecule has 0 saturated heterocycles. The highest BCUT2D eigenvalue weighted by Gasteiger charge is 2.31. The Hall–Kier alpha value is -1.11. The van der Waals surface area contributed by atoms with Crippen molar-refractivity contribution in [2.45, 2.75) is 44.6 Å². The zero-order valence-corrected chi connectivity index (χ0v) is 12.2. The summed E-state index contributed by atoms with van der Waals surface area (Å²) < 4.78 is 37.8. The van der Waals surface area contributed by atoms with Crippen molar-refractivity contribution in [2.24, 2.45) is 0 Å². The molecule has 6 heteroatoms. The molecule has 0 spiro atoms. The predicted molar refractivity (Wildman–Crippen MR) is 74.8 cm³/mol. The predicted octanol–water partition coefficient (Wildman–Crippen LogP) is 2.88. The van der Waals surface area contributed by atoms with Crippen LogP contribution in [-0.2, 0) is 6.18 Å². The molecule has 0 aliphatic carbocycles. The normalized spacial score (nSPS) is 14.2. The van der Waals surface area contributed by atoms with E-state index in [-0.39, 0.29) is 18.7 Å². The molecule has 120 valence electrons. The van der Waals surface area contributed by atoms with E-state index in [0.717, 1.165) is 12.1 Å². The van der Waals surface area contributed by atoms with Crippen molar-refractivity contribution < 1.29 is 23.4 Å². The molecule has 1 unspecified atom stereocenters. The molecule has 3 nitrogen and oxygen atoms in total.